The number of carboxylic acid groups (broad SMARTS) is 1. The standard InChI is InChI=1S/C9H16N2O7S/c12-1-4(13)6(14)5(11-18)7(15)8-10-3(2-19-8)9(16)17/h3-8,10,12-15H,1-2H2,(H,16,17). The second-order valence-corrected chi connectivity index (χ2v) is 5.31. The molecule has 0 spiro atoms. The summed E-state index contributed by atoms with van der Waals surface area (Å²) in [7, 11) is 0. The lowest BCUT2D eigenvalue weighted by molar-refractivity contribution is -0.138. The molecule has 0 saturated carbocycles. The molecule has 6 unspecified atom stereocenters. The SMILES string of the molecule is O=NC(C(O)C(O)CO)C(O)C1NC(C(=O)O)CS1. The molecular formula is C9H16N2O7S. The summed E-state index contributed by atoms with van der Waals surface area (Å²) in [5.74, 6) is -0.893. The Balaban J connectivity index is 2.67. The number of thioether (sulfide) groups is 1. The van der Waals surface area contributed by atoms with Crippen LogP contribution in [-0.2, 0) is 4.79 Å². The lowest BCUT2D eigenvalue weighted by atomic mass is 10.0. The van der Waals surface area contributed by atoms with E-state index in [1.807, 2.05) is 0 Å². The van der Waals surface area contributed by atoms with Gasteiger partial charge in [-0.25, -0.2) is 0 Å². The van der Waals surface area contributed by atoms with Gasteiger partial charge in [-0.2, -0.15) is 4.91 Å². The lowest BCUT2D eigenvalue weighted by Gasteiger charge is -2.27. The predicted octanol–water partition coefficient (Wildman–Crippen LogP) is -2.69. The van der Waals surface area contributed by atoms with Crippen molar-refractivity contribution in [3.63, 3.8) is 0 Å². The number of carboxylic acids is 1. The van der Waals surface area contributed by atoms with Gasteiger partial charge in [0.1, 0.15) is 30.4 Å². The molecule has 19 heavy (non-hydrogen) atoms. The largest absolute Gasteiger partial charge is 0.480 e. The number of hydrogen-bond acceptors (Lipinski definition) is 9. The zero-order valence-corrected chi connectivity index (χ0v) is 10.6. The van der Waals surface area contributed by atoms with E-state index in [0.29, 0.717) is 0 Å². The van der Waals surface area contributed by atoms with E-state index in [4.69, 9.17) is 10.2 Å². The van der Waals surface area contributed by atoms with Crippen molar-refractivity contribution < 1.29 is 30.3 Å². The molecule has 1 aliphatic heterocycles. The molecule has 0 bridgehead atoms. The van der Waals surface area contributed by atoms with E-state index < -0.39 is 48.3 Å². The summed E-state index contributed by atoms with van der Waals surface area (Å²) in [5, 5.41) is 50.5. The molecule has 0 amide bonds. The fraction of sp³-hybridized carbons (Fsp3) is 0.889. The maximum atomic E-state index is 10.7. The van der Waals surface area contributed by atoms with E-state index in [1.165, 1.54) is 0 Å². The van der Waals surface area contributed by atoms with Crippen molar-refractivity contribution >= 4 is 17.7 Å². The van der Waals surface area contributed by atoms with Gasteiger partial charge in [0.15, 0.2) is 0 Å². The normalized spacial score (nSPS) is 29.5. The summed E-state index contributed by atoms with van der Waals surface area (Å²) in [6.07, 6.45) is -4.83. The Morgan fingerprint density at radius 1 is 1.42 bits per heavy atom. The van der Waals surface area contributed by atoms with Crippen molar-refractivity contribution in [2.45, 2.75) is 35.8 Å². The van der Waals surface area contributed by atoms with Crippen molar-refractivity contribution in [3.8, 4) is 0 Å². The third-order valence-electron chi connectivity index (χ3n) is 2.82. The second-order valence-electron chi connectivity index (χ2n) is 4.14. The number of nitrogens with one attached hydrogen (secondary N) is 1. The third-order valence-corrected chi connectivity index (χ3v) is 4.12. The Morgan fingerprint density at radius 3 is 2.47 bits per heavy atom. The van der Waals surface area contributed by atoms with Gasteiger partial charge in [-0.05, 0) is 0 Å². The van der Waals surface area contributed by atoms with Crippen LogP contribution in [0, 0.1) is 4.91 Å². The highest BCUT2D eigenvalue weighted by molar-refractivity contribution is 8.00. The highest BCUT2D eigenvalue weighted by Crippen LogP contribution is 2.25. The van der Waals surface area contributed by atoms with Crippen molar-refractivity contribution in [2.75, 3.05) is 12.4 Å². The van der Waals surface area contributed by atoms with Gasteiger partial charge >= 0.3 is 5.97 Å². The maximum absolute atomic E-state index is 10.7. The molecule has 1 rings (SSSR count). The van der Waals surface area contributed by atoms with E-state index >= 15 is 0 Å². The summed E-state index contributed by atoms with van der Waals surface area (Å²) in [6, 6.07) is -2.43. The van der Waals surface area contributed by atoms with Gasteiger partial charge in [-0.1, -0.05) is 5.18 Å². The molecule has 0 aromatic heterocycles. The Bertz CT molecular complexity index is 332. The van der Waals surface area contributed by atoms with E-state index in [0.717, 1.165) is 11.8 Å². The first-order valence-electron chi connectivity index (χ1n) is 5.50. The number of carbonyl (C=O) groups is 1. The highest BCUT2D eigenvalue weighted by Gasteiger charge is 2.41. The first-order chi connectivity index (χ1) is 8.92. The number of hydrogen-bond donors (Lipinski definition) is 6. The smallest absolute Gasteiger partial charge is 0.321 e. The minimum absolute atomic E-state index is 0.196. The molecule has 6 atom stereocenters. The van der Waals surface area contributed by atoms with Crippen LogP contribution in [0.5, 0.6) is 0 Å². The molecule has 0 aliphatic carbocycles. The molecule has 1 saturated heterocycles. The number of nitrogens with zero attached hydrogens (tertiary/aromatic N) is 1. The van der Waals surface area contributed by atoms with Crippen LogP contribution in [0.15, 0.2) is 5.18 Å². The zero-order valence-electron chi connectivity index (χ0n) is 9.79. The van der Waals surface area contributed by atoms with Gasteiger partial charge in [0.2, 0.25) is 0 Å². The Kier molecular flexibility index (Phi) is 6.10. The first kappa shape index (κ1) is 16.3. The van der Waals surface area contributed by atoms with Gasteiger partial charge in [0.05, 0.1) is 12.0 Å². The molecular weight excluding hydrogens is 280 g/mol. The minimum Gasteiger partial charge on any atom is -0.480 e. The van der Waals surface area contributed by atoms with E-state index in [-0.39, 0.29) is 5.75 Å². The number of rotatable bonds is 7. The molecule has 10 heteroatoms. The summed E-state index contributed by atoms with van der Waals surface area (Å²) in [6.45, 7) is -0.789. The molecule has 0 radical (unpaired) electrons. The number of aliphatic hydroxyl groups excluding tert-OH is 4. The minimum atomic E-state index is -1.73. The Labute approximate surface area is 112 Å². The van der Waals surface area contributed by atoms with Crippen LogP contribution in [0.25, 0.3) is 0 Å². The van der Waals surface area contributed by atoms with Crippen molar-refractivity contribution in [2.24, 2.45) is 5.18 Å². The summed E-state index contributed by atoms with van der Waals surface area (Å²) in [5.41, 5.74) is 0. The maximum Gasteiger partial charge on any atom is 0.321 e. The lowest BCUT2D eigenvalue weighted by Crippen LogP contribution is -2.52. The van der Waals surface area contributed by atoms with Crippen LogP contribution >= 0.6 is 11.8 Å². The van der Waals surface area contributed by atoms with Crippen LogP contribution in [-0.4, -0.2) is 79.6 Å². The first-order valence-corrected chi connectivity index (χ1v) is 6.55. The fourth-order valence-electron chi connectivity index (χ4n) is 1.68. The van der Waals surface area contributed by atoms with E-state index in [9.17, 15) is 25.0 Å². The van der Waals surface area contributed by atoms with Gasteiger partial charge < -0.3 is 25.5 Å². The van der Waals surface area contributed by atoms with E-state index in [2.05, 4.69) is 10.5 Å². The van der Waals surface area contributed by atoms with Crippen LogP contribution in [0.3, 0.4) is 0 Å². The Hall–Kier alpha value is -0.780. The molecule has 0 aromatic rings. The zero-order chi connectivity index (χ0) is 14.6. The quantitative estimate of drug-likeness (QED) is 0.275. The third kappa shape index (κ3) is 3.84. The molecule has 0 aromatic carbocycles. The monoisotopic (exact) mass is 296 g/mol. The average molecular weight is 296 g/mol. The van der Waals surface area contributed by atoms with Gasteiger partial charge in [-0.15, -0.1) is 11.8 Å². The average Bonchev–Trinajstić information content (AvgIpc) is 2.88. The van der Waals surface area contributed by atoms with Crippen LogP contribution < -0.4 is 5.32 Å². The predicted molar refractivity (Wildman–Crippen MR) is 65.5 cm³/mol. The molecule has 1 heterocycles. The summed E-state index contributed by atoms with van der Waals surface area (Å²) < 4.78 is 0. The van der Waals surface area contributed by atoms with Crippen molar-refractivity contribution in [1.82, 2.24) is 5.32 Å². The second kappa shape index (κ2) is 7.12. The summed E-state index contributed by atoms with van der Waals surface area (Å²) in [4.78, 5) is 21.4. The fourth-order valence-corrected chi connectivity index (χ4v) is 2.93. The number of aliphatic carboxylic acids is 1. The van der Waals surface area contributed by atoms with Crippen molar-refractivity contribution in [3.05, 3.63) is 4.91 Å². The van der Waals surface area contributed by atoms with Gasteiger partial charge in [0, 0.05) is 5.75 Å². The molecule has 110 valence electrons. The van der Waals surface area contributed by atoms with Crippen LogP contribution in [0.1, 0.15) is 0 Å². The van der Waals surface area contributed by atoms with E-state index in [1.54, 1.807) is 0 Å². The van der Waals surface area contributed by atoms with Gasteiger partial charge in [-0.3, -0.25) is 10.1 Å². The molecule has 6 N–H and O–H groups in total. The summed E-state index contributed by atoms with van der Waals surface area (Å²) >= 11 is 1.07. The Morgan fingerprint density at radius 2 is 2.05 bits per heavy atom. The topological polar surface area (TPSA) is 160 Å². The number of aliphatic hydroxyl groups is 4. The molecule has 9 nitrogen and oxygen atoms in total. The van der Waals surface area contributed by atoms with Crippen molar-refractivity contribution in [1.29, 1.82) is 0 Å². The van der Waals surface area contributed by atoms with Crippen LogP contribution in [0.4, 0.5) is 0 Å². The highest BCUT2D eigenvalue weighted by atomic mass is 32.2. The number of nitroso groups, excluding NO2 is 1. The van der Waals surface area contributed by atoms with Gasteiger partial charge in [0.25, 0.3) is 0 Å². The van der Waals surface area contributed by atoms with Crippen LogP contribution in [0.2, 0.25) is 0 Å². The molecule has 1 aliphatic rings. The molecule has 1 fully saturated rings.